The molecule has 1 aromatic heterocycles. The molecular formula is C24H27ClN6O3. The second kappa shape index (κ2) is 10.3. The van der Waals surface area contributed by atoms with Crippen LogP contribution in [0.1, 0.15) is 23.2 Å². The summed E-state index contributed by atoms with van der Waals surface area (Å²) in [6.45, 7) is 7.08. The molecule has 0 N–H and O–H groups in total. The van der Waals surface area contributed by atoms with Gasteiger partial charge in [0.25, 0.3) is 0 Å². The normalized spacial score (nSPS) is 17.8. The Morgan fingerprint density at radius 2 is 2.12 bits per heavy atom. The quantitative estimate of drug-likeness (QED) is 0.556. The Morgan fingerprint density at radius 3 is 2.82 bits per heavy atom. The van der Waals surface area contributed by atoms with E-state index in [1.807, 2.05) is 18.2 Å². The molecule has 0 unspecified atom stereocenters. The van der Waals surface area contributed by atoms with E-state index >= 15 is 0 Å². The summed E-state index contributed by atoms with van der Waals surface area (Å²) < 4.78 is 10.7. The fourth-order valence-corrected chi connectivity index (χ4v) is 4.70. The molecule has 2 aliphatic rings. The predicted molar refractivity (Wildman–Crippen MR) is 128 cm³/mol. The van der Waals surface area contributed by atoms with Crippen molar-refractivity contribution in [3.05, 3.63) is 52.7 Å². The first kappa shape index (κ1) is 23.8. The lowest BCUT2D eigenvalue weighted by Crippen LogP contribution is -2.55. The molecule has 1 fully saturated rings. The number of methoxy groups -OCH3 is 2. The average molecular weight is 483 g/mol. The van der Waals surface area contributed by atoms with Gasteiger partial charge >= 0.3 is 6.01 Å². The molecule has 3 heterocycles. The number of anilines is 1. The minimum Gasteiger partial charge on any atom is -0.497 e. The van der Waals surface area contributed by atoms with E-state index in [4.69, 9.17) is 21.1 Å². The molecule has 34 heavy (non-hydrogen) atoms. The van der Waals surface area contributed by atoms with Crippen LogP contribution in [0.15, 0.2) is 30.9 Å². The van der Waals surface area contributed by atoms with E-state index in [2.05, 4.69) is 32.4 Å². The van der Waals surface area contributed by atoms with Crippen molar-refractivity contribution in [3.8, 4) is 17.8 Å². The van der Waals surface area contributed by atoms with Crippen LogP contribution in [0.5, 0.6) is 11.8 Å². The molecule has 9 nitrogen and oxygen atoms in total. The highest BCUT2D eigenvalue weighted by Crippen LogP contribution is 2.34. The molecule has 0 bridgehead atoms. The summed E-state index contributed by atoms with van der Waals surface area (Å²) in [6, 6.07) is 7.89. The lowest BCUT2D eigenvalue weighted by Gasteiger charge is -2.41. The van der Waals surface area contributed by atoms with Crippen LogP contribution in [0.2, 0.25) is 5.02 Å². The van der Waals surface area contributed by atoms with Crippen molar-refractivity contribution in [1.29, 1.82) is 5.26 Å². The fraction of sp³-hybridized carbons (Fsp3) is 0.417. The lowest BCUT2D eigenvalue weighted by atomic mass is 10.1. The number of fused-ring (bicyclic) bond motifs is 1. The molecule has 0 saturated carbocycles. The molecule has 1 saturated heterocycles. The van der Waals surface area contributed by atoms with Gasteiger partial charge in [-0.25, -0.2) is 0 Å². The molecule has 178 valence electrons. The van der Waals surface area contributed by atoms with Gasteiger partial charge in [-0.15, -0.1) is 0 Å². The number of hydrogen-bond donors (Lipinski definition) is 0. The second-order valence-electron chi connectivity index (χ2n) is 8.26. The maximum atomic E-state index is 12.3. The zero-order valence-corrected chi connectivity index (χ0v) is 20.1. The van der Waals surface area contributed by atoms with Crippen LogP contribution < -0.4 is 14.4 Å². The third-order valence-electron chi connectivity index (χ3n) is 6.20. The Bertz CT molecular complexity index is 1130. The SMILES string of the molecule is C=CC(=O)N1CCN(c2nc(OC)nc3c2CN(Cc2cc(OC)ccc2Cl)C3)C[C@@H]1CC#N. The van der Waals surface area contributed by atoms with Gasteiger partial charge in [-0.1, -0.05) is 18.2 Å². The third-order valence-corrected chi connectivity index (χ3v) is 6.57. The summed E-state index contributed by atoms with van der Waals surface area (Å²) in [5.41, 5.74) is 2.90. The first-order valence-electron chi connectivity index (χ1n) is 11.0. The molecule has 2 aliphatic heterocycles. The molecule has 4 rings (SSSR count). The molecule has 10 heteroatoms. The number of nitrogens with zero attached hydrogens (tertiary/aromatic N) is 6. The highest BCUT2D eigenvalue weighted by molar-refractivity contribution is 6.31. The lowest BCUT2D eigenvalue weighted by molar-refractivity contribution is -0.128. The summed E-state index contributed by atoms with van der Waals surface area (Å²) in [6.07, 6.45) is 1.54. The number of carbonyl (C=O) groups excluding carboxylic acids is 1. The molecule has 1 amide bonds. The highest BCUT2D eigenvalue weighted by atomic mass is 35.5. The second-order valence-corrected chi connectivity index (χ2v) is 8.67. The highest BCUT2D eigenvalue weighted by Gasteiger charge is 2.34. The van der Waals surface area contributed by atoms with E-state index < -0.39 is 0 Å². The van der Waals surface area contributed by atoms with Crippen LogP contribution in [-0.2, 0) is 24.4 Å². The zero-order chi connectivity index (χ0) is 24.2. The van der Waals surface area contributed by atoms with Gasteiger partial charge in [0, 0.05) is 49.9 Å². The fourth-order valence-electron chi connectivity index (χ4n) is 4.52. The van der Waals surface area contributed by atoms with Crippen LogP contribution in [0.4, 0.5) is 5.82 Å². The molecule has 0 radical (unpaired) electrons. The van der Waals surface area contributed by atoms with Crippen LogP contribution in [0.3, 0.4) is 0 Å². The van der Waals surface area contributed by atoms with E-state index in [0.717, 1.165) is 28.4 Å². The zero-order valence-electron chi connectivity index (χ0n) is 19.3. The van der Waals surface area contributed by atoms with Gasteiger partial charge in [0.2, 0.25) is 5.91 Å². The average Bonchev–Trinajstić information content (AvgIpc) is 3.26. The smallest absolute Gasteiger partial charge is 0.318 e. The van der Waals surface area contributed by atoms with Crippen molar-refractivity contribution in [2.24, 2.45) is 0 Å². The first-order valence-corrected chi connectivity index (χ1v) is 11.4. The maximum absolute atomic E-state index is 12.3. The third kappa shape index (κ3) is 4.79. The number of rotatable bonds is 7. The molecule has 2 aromatic rings. The van der Waals surface area contributed by atoms with Crippen molar-refractivity contribution in [2.45, 2.75) is 32.1 Å². The Hall–Kier alpha value is -3.35. The van der Waals surface area contributed by atoms with Crippen LogP contribution in [-0.4, -0.2) is 65.6 Å². The maximum Gasteiger partial charge on any atom is 0.318 e. The number of ether oxygens (including phenoxy) is 2. The van der Waals surface area contributed by atoms with E-state index in [1.165, 1.54) is 6.08 Å². The summed E-state index contributed by atoms with van der Waals surface area (Å²) in [5.74, 6) is 1.38. The van der Waals surface area contributed by atoms with E-state index in [-0.39, 0.29) is 18.4 Å². The summed E-state index contributed by atoms with van der Waals surface area (Å²) >= 11 is 6.44. The van der Waals surface area contributed by atoms with Crippen LogP contribution in [0, 0.1) is 11.3 Å². The van der Waals surface area contributed by atoms with Gasteiger partial charge in [-0.3, -0.25) is 9.69 Å². The number of piperazine rings is 1. The number of benzene rings is 1. The Labute approximate surface area is 204 Å². The van der Waals surface area contributed by atoms with Gasteiger partial charge in [-0.05, 0) is 29.8 Å². The summed E-state index contributed by atoms with van der Waals surface area (Å²) in [7, 11) is 3.18. The standard InChI is InChI=1S/C24H27ClN6O3/c1-4-22(32)31-10-9-30(13-17(31)7-8-26)23-19-14-29(15-21(19)27-24(28-23)34-3)12-16-11-18(33-2)5-6-20(16)25/h4-6,11,17H,1,7,9-10,12-15H2,2-3H3/t17-/m0/s1. The minimum absolute atomic E-state index is 0.160. The number of hydrogen-bond acceptors (Lipinski definition) is 8. The molecule has 0 spiro atoms. The van der Waals surface area contributed by atoms with Crippen molar-refractivity contribution >= 4 is 23.3 Å². The topological polar surface area (TPSA) is 94.8 Å². The number of amides is 1. The minimum atomic E-state index is -0.242. The molecule has 0 aliphatic carbocycles. The van der Waals surface area contributed by atoms with Crippen molar-refractivity contribution in [3.63, 3.8) is 0 Å². The number of aromatic nitrogens is 2. The number of carbonyl (C=O) groups is 1. The van der Waals surface area contributed by atoms with Crippen molar-refractivity contribution < 1.29 is 14.3 Å². The van der Waals surface area contributed by atoms with Gasteiger partial charge in [0.15, 0.2) is 0 Å². The Kier molecular flexibility index (Phi) is 7.20. The van der Waals surface area contributed by atoms with Gasteiger partial charge in [-0.2, -0.15) is 15.2 Å². The van der Waals surface area contributed by atoms with E-state index in [0.29, 0.717) is 50.3 Å². The summed E-state index contributed by atoms with van der Waals surface area (Å²) in [4.78, 5) is 27.6. The van der Waals surface area contributed by atoms with Gasteiger partial charge in [0.1, 0.15) is 11.6 Å². The van der Waals surface area contributed by atoms with E-state index in [9.17, 15) is 10.1 Å². The van der Waals surface area contributed by atoms with Crippen LogP contribution >= 0.6 is 11.6 Å². The number of nitriles is 1. The molecule has 1 atom stereocenters. The largest absolute Gasteiger partial charge is 0.497 e. The first-order chi connectivity index (χ1) is 16.5. The predicted octanol–water partition coefficient (Wildman–Crippen LogP) is 2.78. The van der Waals surface area contributed by atoms with Gasteiger partial charge < -0.3 is 19.3 Å². The number of halogens is 1. The van der Waals surface area contributed by atoms with Crippen molar-refractivity contribution in [2.75, 3.05) is 38.8 Å². The van der Waals surface area contributed by atoms with Crippen LogP contribution in [0.25, 0.3) is 0 Å². The van der Waals surface area contributed by atoms with Crippen molar-refractivity contribution in [1.82, 2.24) is 19.8 Å². The monoisotopic (exact) mass is 482 g/mol. The Balaban J connectivity index is 1.59. The molecular weight excluding hydrogens is 456 g/mol. The molecule has 1 aromatic carbocycles. The Morgan fingerprint density at radius 1 is 1.29 bits per heavy atom. The van der Waals surface area contributed by atoms with E-state index in [1.54, 1.807) is 19.1 Å². The summed E-state index contributed by atoms with van der Waals surface area (Å²) in [5, 5.41) is 10.00. The van der Waals surface area contributed by atoms with Gasteiger partial charge in [0.05, 0.1) is 38.4 Å².